The van der Waals surface area contributed by atoms with E-state index in [1.54, 1.807) is 12.4 Å². The fourth-order valence-corrected chi connectivity index (χ4v) is 1.90. The summed E-state index contributed by atoms with van der Waals surface area (Å²) in [5.41, 5.74) is 1.89. The van der Waals surface area contributed by atoms with Crippen LogP contribution >= 0.6 is 23.1 Å². The maximum Gasteiger partial charge on any atom is 0.102 e. The van der Waals surface area contributed by atoms with Crippen LogP contribution in [0, 0.1) is 0 Å². The van der Waals surface area contributed by atoms with Crippen molar-refractivity contribution in [1.29, 1.82) is 0 Å². The lowest BCUT2D eigenvalue weighted by atomic mass is 10.3. The van der Waals surface area contributed by atoms with E-state index in [1.807, 2.05) is 41.1 Å². The number of nitrogens with zero attached hydrogens (tertiary/aromatic N) is 3. The largest absolute Gasteiger partial charge is 0.255 e. The van der Waals surface area contributed by atoms with E-state index in [9.17, 15) is 0 Å². The normalized spacial score (nSPS) is 9.25. The molecule has 3 aromatic heterocycles. The molecule has 0 aliphatic rings. The molecule has 3 nitrogen and oxygen atoms in total. The Labute approximate surface area is 102 Å². The van der Waals surface area contributed by atoms with Gasteiger partial charge < -0.3 is 0 Å². The summed E-state index contributed by atoms with van der Waals surface area (Å²) in [7, 11) is 0. The van der Waals surface area contributed by atoms with E-state index >= 15 is 0 Å². The van der Waals surface area contributed by atoms with E-state index < -0.39 is 0 Å². The number of pyridine rings is 1. The standard InChI is InChI=1S/C8H6N2S.C3H3NS/c1-2-5-9-7(3-1)8-4-6-11-10-8;1-2-4-5-3-1/h1-6H;1-3H. The molecule has 0 aromatic carbocycles. The minimum Gasteiger partial charge on any atom is -0.255 e. The first-order chi connectivity index (χ1) is 7.97. The maximum absolute atomic E-state index is 4.17. The maximum atomic E-state index is 4.17. The van der Waals surface area contributed by atoms with Crippen LogP contribution < -0.4 is 0 Å². The van der Waals surface area contributed by atoms with Crippen molar-refractivity contribution in [2.24, 2.45) is 0 Å². The Kier molecular flexibility index (Phi) is 4.16. The van der Waals surface area contributed by atoms with Crippen LogP contribution in [0.25, 0.3) is 11.4 Å². The molecule has 0 fully saturated rings. The monoisotopic (exact) mass is 247 g/mol. The van der Waals surface area contributed by atoms with Crippen LogP contribution in [0.2, 0.25) is 0 Å². The van der Waals surface area contributed by atoms with Gasteiger partial charge in [0.15, 0.2) is 0 Å². The molecule has 5 heteroatoms. The smallest absolute Gasteiger partial charge is 0.102 e. The molecule has 0 aliphatic heterocycles. The van der Waals surface area contributed by atoms with Crippen LogP contribution in [-0.2, 0) is 0 Å². The van der Waals surface area contributed by atoms with Gasteiger partial charge in [0.25, 0.3) is 0 Å². The van der Waals surface area contributed by atoms with E-state index in [2.05, 4.69) is 13.7 Å². The molecule has 0 saturated heterocycles. The van der Waals surface area contributed by atoms with Gasteiger partial charge in [-0.15, -0.1) is 0 Å². The topological polar surface area (TPSA) is 38.7 Å². The summed E-state index contributed by atoms with van der Waals surface area (Å²) in [6, 6.07) is 9.68. The van der Waals surface area contributed by atoms with Gasteiger partial charge in [-0.05, 0) is 47.3 Å². The molecule has 16 heavy (non-hydrogen) atoms. The van der Waals surface area contributed by atoms with Gasteiger partial charge >= 0.3 is 0 Å². The molecule has 0 saturated carbocycles. The molecule has 3 heterocycles. The van der Waals surface area contributed by atoms with Gasteiger partial charge in [-0.3, -0.25) is 4.98 Å². The molecule has 3 rings (SSSR count). The Hall–Kier alpha value is -1.59. The quantitative estimate of drug-likeness (QED) is 0.662. The lowest BCUT2D eigenvalue weighted by Crippen LogP contribution is -1.79. The summed E-state index contributed by atoms with van der Waals surface area (Å²) in [5, 5.41) is 3.88. The van der Waals surface area contributed by atoms with Crippen LogP contribution in [-0.4, -0.2) is 13.7 Å². The average Bonchev–Trinajstić information content (AvgIpc) is 3.07. The lowest BCUT2D eigenvalue weighted by Gasteiger charge is -1.90. The first kappa shape index (κ1) is 10.9. The summed E-state index contributed by atoms with van der Waals surface area (Å²) < 4.78 is 7.93. The molecule has 0 amide bonds. The first-order valence-corrected chi connectivity index (χ1v) is 6.30. The highest BCUT2D eigenvalue weighted by molar-refractivity contribution is 7.03. The van der Waals surface area contributed by atoms with Gasteiger partial charge in [-0.1, -0.05) is 6.07 Å². The van der Waals surface area contributed by atoms with Gasteiger partial charge in [0.2, 0.25) is 0 Å². The third kappa shape index (κ3) is 3.22. The second kappa shape index (κ2) is 6.09. The number of hydrogen-bond acceptors (Lipinski definition) is 5. The zero-order valence-electron chi connectivity index (χ0n) is 8.35. The Balaban J connectivity index is 0.000000162. The minimum absolute atomic E-state index is 0.939. The molecular formula is C11H9N3S2. The Morgan fingerprint density at radius 1 is 0.812 bits per heavy atom. The van der Waals surface area contributed by atoms with Gasteiger partial charge in [0, 0.05) is 23.2 Å². The molecule has 0 aliphatic carbocycles. The van der Waals surface area contributed by atoms with Crippen molar-refractivity contribution in [1.82, 2.24) is 13.7 Å². The third-order valence-electron chi connectivity index (χ3n) is 1.71. The second-order valence-electron chi connectivity index (χ2n) is 2.79. The predicted octanol–water partition coefficient (Wildman–Crippen LogP) is 3.35. The van der Waals surface area contributed by atoms with E-state index in [4.69, 9.17) is 0 Å². The number of hydrogen-bond donors (Lipinski definition) is 0. The highest BCUT2D eigenvalue weighted by Crippen LogP contribution is 2.14. The first-order valence-electron chi connectivity index (χ1n) is 4.63. The van der Waals surface area contributed by atoms with E-state index in [0.717, 1.165) is 11.4 Å². The van der Waals surface area contributed by atoms with E-state index in [0.29, 0.717) is 0 Å². The van der Waals surface area contributed by atoms with Crippen LogP contribution in [0.15, 0.2) is 53.5 Å². The van der Waals surface area contributed by atoms with Gasteiger partial charge in [-0.25, -0.2) is 4.37 Å². The Morgan fingerprint density at radius 3 is 2.31 bits per heavy atom. The van der Waals surface area contributed by atoms with Crippen molar-refractivity contribution >= 4 is 23.1 Å². The average molecular weight is 247 g/mol. The number of rotatable bonds is 1. The second-order valence-corrected chi connectivity index (χ2v) is 4.15. The fraction of sp³-hybridized carbons (Fsp3) is 0. The molecule has 3 aromatic rings. The van der Waals surface area contributed by atoms with Crippen LogP contribution in [0.4, 0.5) is 0 Å². The predicted molar refractivity (Wildman–Crippen MR) is 67.5 cm³/mol. The summed E-state index contributed by atoms with van der Waals surface area (Å²) in [6.07, 6.45) is 3.54. The van der Waals surface area contributed by atoms with Crippen molar-refractivity contribution in [3.63, 3.8) is 0 Å². The molecule has 0 atom stereocenters. The Morgan fingerprint density at radius 2 is 1.81 bits per heavy atom. The summed E-state index contributed by atoms with van der Waals surface area (Å²) in [4.78, 5) is 4.17. The van der Waals surface area contributed by atoms with Crippen molar-refractivity contribution < 1.29 is 0 Å². The minimum atomic E-state index is 0.939. The summed E-state index contributed by atoms with van der Waals surface area (Å²) in [6.45, 7) is 0. The zero-order valence-corrected chi connectivity index (χ0v) is 9.99. The number of aromatic nitrogens is 3. The summed E-state index contributed by atoms with van der Waals surface area (Å²) >= 11 is 2.91. The van der Waals surface area contributed by atoms with E-state index in [1.165, 1.54) is 23.1 Å². The van der Waals surface area contributed by atoms with Gasteiger partial charge in [-0.2, -0.15) is 4.37 Å². The third-order valence-corrected chi connectivity index (χ3v) is 2.79. The van der Waals surface area contributed by atoms with Gasteiger partial charge in [0.1, 0.15) is 5.69 Å². The molecule has 80 valence electrons. The molecular weight excluding hydrogens is 238 g/mol. The SMILES string of the molecule is c1ccc(-c2ccsn2)nc1.c1cnsc1. The van der Waals surface area contributed by atoms with Gasteiger partial charge in [0.05, 0.1) is 5.69 Å². The highest BCUT2D eigenvalue weighted by Gasteiger charge is 1.97. The molecule has 0 unspecified atom stereocenters. The molecule has 0 radical (unpaired) electrons. The highest BCUT2D eigenvalue weighted by atomic mass is 32.1. The van der Waals surface area contributed by atoms with Crippen molar-refractivity contribution in [2.75, 3.05) is 0 Å². The van der Waals surface area contributed by atoms with Crippen molar-refractivity contribution in [3.05, 3.63) is 53.5 Å². The van der Waals surface area contributed by atoms with Crippen LogP contribution in [0.1, 0.15) is 0 Å². The molecule has 0 spiro atoms. The lowest BCUT2D eigenvalue weighted by molar-refractivity contribution is 1.30. The molecule has 0 bridgehead atoms. The molecule has 0 N–H and O–H groups in total. The Bertz CT molecular complexity index is 460. The van der Waals surface area contributed by atoms with Crippen molar-refractivity contribution in [2.45, 2.75) is 0 Å². The fourth-order valence-electron chi connectivity index (χ4n) is 1.03. The van der Waals surface area contributed by atoms with Crippen molar-refractivity contribution in [3.8, 4) is 11.4 Å². The van der Waals surface area contributed by atoms with Crippen LogP contribution in [0.5, 0.6) is 0 Å². The zero-order chi connectivity index (χ0) is 11.1. The van der Waals surface area contributed by atoms with Crippen LogP contribution in [0.3, 0.4) is 0 Å². The van der Waals surface area contributed by atoms with E-state index in [-0.39, 0.29) is 0 Å². The summed E-state index contributed by atoms with van der Waals surface area (Å²) in [5.74, 6) is 0.